The van der Waals surface area contributed by atoms with Gasteiger partial charge in [-0.05, 0) is 31.6 Å². The summed E-state index contributed by atoms with van der Waals surface area (Å²) in [6, 6.07) is 0. The van der Waals surface area contributed by atoms with Crippen LogP contribution >= 0.6 is 15.9 Å². The Balaban J connectivity index is 1.74. The van der Waals surface area contributed by atoms with E-state index in [1.165, 1.54) is 12.8 Å². The maximum absolute atomic E-state index is 11.9. The van der Waals surface area contributed by atoms with Gasteiger partial charge in [-0.1, -0.05) is 15.9 Å². The summed E-state index contributed by atoms with van der Waals surface area (Å²) >= 11 is 3.57. The van der Waals surface area contributed by atoms with Crippen molar-refractivity contribution in [3.05, 3.63) is 0 Å². The zero-order chi connectivity index (χ0) is 10.8. The van der Waals surface area contributed by atoms with Crippen molar-refractivity contribution in [1.29, 1.82) is 0 Å². The first-order valence-electron chi connectivity index (χ1n) is 5.67. The second kappa shape index (κ2) is 4.83. The van der Waals surface area contributed by atoms with Crippen LogP contribution in [0.1, 0.15) is 25.7 Å². The molecule has 0 aromatic rings. The van der Waals surface area contributed by atoms with Crippen molar-refractivity contribution in [1.82, 2.24) is 4.90 Å². The van der Waals surface area contributed by atoms with E-state index in [0.717, 1.165) is 26.0 Å². The number of nitrogens with zero attached hydrogens (tertiary/aromatic N) is 1. The molecule has 1 aliphatic heterocycles. The molecule has 1 heterocycles. The zero-order valence-corrected chi connectivity index (χ0v) is 10.7. The van der Waals surface area contributed by atoms with E-state index in [-0.39, 0.29) is 12.0 Å². The molecule has 2 aliphatic rings. The molecule has 2 rings (SSSR count). The predicted molar refractivity (Wildman–Crippen MR) is 62.1 cm³/mol. The minimum Gasteiger partial charge on any atom is -0.368 e. The van der Waals surface area contributed by atoms with Gasteiger partial charge in [-0.2, -0.15) is 0 Å². The second-order valence-electron chi connectivity index (χ2n) is 4.66. The lowest BCUT2D eigenvalue weighted by Gasteiger charge is -2.35. The van der Waals surface area contributed by atoms with Crippen LogP contribution in [0.15, 0.2) is 0 Å². The molecule has 1 atom stereocenters. The van der Waals surface area contributed by atoms with Crippen LogP contribution in [0, 0.1) is 5.92 Å². The lowest BCUT2D eigenvalue weighted by molar-refractivity contribution is -0.140. The largest absolute Gasteiger partial charge is 0.368 e. The first kappa shape index (κ1) is 11.4. The summed E-state index contributed by atoms with van der Waals surface area (Å²) in [6.45, 7) is 1.64. The predicted octanol–water partition coefficient (Wildman–Crippen LogP) is 1.80. The van der Waals surface area contributed by atoms with Crippen molar-refractivity contribution >= 4 is 21.8 Å². The first-order valence-corrected chi connectivity index (χ1v) is 6.59. The number of halogens is 1. The van der Waals surface area contributed by atoms with E-state index >= 15 is 0 Å². The molecule has 1 saturated heterocycles. The van der Waals surface area contributed by atoms with Gasteiger partial charge in [0.1, 0.15) is 6.10 Å². The third-order valence-electron chi connectivity index (χ3n) is 3.29. The van der Waals surface area contributed by atoms with Crippen LogP contribution < -0.4 is 0 Å². The molecule has 0 N–H and O–H groups in total. The normalized spacial score (nSPS) is 34.9. The molecule has 1 aliphatic carbocycles. The summed E-state index contributed by atoms with van der Waals surface area (Å²) in [4.78, 5) is 14.4. The Labute approximate surface area is 99.3 Å². The summed E-state index contributed by atoms with van der Waals surface area (Å²) in [5.74, 6) is 0.857. The van der Waals surface area contributed by atoms with Crippen LogP contribution in [-0.2, 0) is 9.53 Å². The summed E-state index contributed by atoms with van der Waals surface area (Å²) in [6.07, 6.45) is 4.16. The van der Waals surface area contributed by atoms with Gasteiger partial charge in [0.25, 0.3) is 5.91 Å². The van der Waals surface area contributed by atoms with E-state index in [0.29, 0.717) is 10.7 Å². The van der Waals surface area contributed by atoms with Gasteiger partial charge in [0.2, 0.25) is 0 Å². The van der Waals surface area contributed by atoms with Crippen LogP contribution in [0.3, 0.4) is 0 Å². The van der Waals surface area contributed by atoms with Crippen LogP contribution in [0.4, 0.5) is 0 Å². The monoisotopic (exact) mass is 275 g/mol. The van der Waals surface area contributed by atoms with E-state index in [4.69, 9.17) is 4.74 Å². The third kappa shape index (κ3) is 2.72. The third-order valence-corrected chi connectivity index (χ3v) is 4.04. The number of carbonyl (C=O) groups excluding carboxylic acids is 1. The Morgan fingerprint density at radius 2 is 2.27 bits per heavy atom. The van der Waals surface area contributed by atoms with Crippen LogP contribution in [0.5, 0.6) is 0 Å². The van der Waals surface area contributed by atoms with Gasteiger partial charge in [0.15, 0.2) is 0 Å². The number of amides is 1. The molecular weight excluding hydrogens is 258 g/mol. The lowest BCUT2D eigenvalue weighted by Crippen LogP contribution is -2.42. The van der Waals surface area contributed by atoms with Crippen LogP contribution in [0.25, 0.3) is 0 Å². The van der Waals surface area contributed by atoms with Gasteiger partial charge in [0, 0.05) is 25.0 Å². The van der Waals surface area contributed by atoms with Gasteiger partial charge in [-0.25, -0.2) is 0 Å². The molecule has 0 spiro atoms. The van der Waals surface area contributed by atoms with Crippen LogP contribution in [0.2, 0.25) is 0 Å². The van der Waals surface area contributed by atoms with E-state index in [1.807, 2.05) is 11.9 Å². The lowest BCUT2D eigenvalue weighted by atomic mass is 9.85. The molecule has 1 amide bonds. The van der Waals surface area contributed by atoms with Crippen molar-refractivity contribution in [2.45, 2.75) is 36.6 Å². The smallest absolute Gasteiger partial charge is 0.251 e. The summed E-state index contributed by atoms with van der Waals surface area (Å²) in [7, 11) is 1.89. The van der Waals surface area contributed by atoms with Crippen molar-refractivity contribution in [2.24, 2.45) is 5.92 Å². The number of ether oxygens (including phenoxy) is 1. The van der Waals surface area contributed by atoms with Gasteiger partial charge in [-0.15, -0.1) is 0 Å². The summed E-state index contributed by atoms with van der Waals surface area (Å²) in [5, 5.41) is 0. The number of likely N-dealkylation sites (N-methyl/N-ethyl adjacent to an activating group) is 1. The molecule has 0 bridgehead atoms. The van der Waals surface area contributed by atoms with E-state index in [1.54, 1.807) is 0 Å². The highest BCUT2D eigenvalue weighted by atomic mass is 79.9. The van der Waals surface area contributed by atoms with Gasteiger partial charge in [-0.3, -0.25) is 4.79 Å². The number of rotatable bonds is 3. The standard InChI is InChI=1S/C11H18BrNO2/c1-13(7-8-5-9(12)6-8)11(14)10-3-2-4-15-10/h8-10H,2-7H2,1H3. The molecule has 1 saturated carbocycles. The molecular formula is C11H18BrNO2. The Hall–Kier alpha value is -0.0900. The maximum atomic E-state index is 11.9. The second-order valence-corrected chi connectivity index (χ2v) is 5.95. The van der Waals surface area contributed by atoms with Crippen LogP contribution in [-0.4, -0.2) is 41.9 Å². The Kier molecular flexibility index (Phi) is 3.67. The molecule has 0 aromatic heterocycles. The topological polar surface area (TPSA) is 29.5 Å². The molecule has 86 valence electrons. The van der Waals surface area contributed by atoms with E-state index in [9.17, 15) is 4.79 Å². The number of hydrogen-bond acceptors (Lipinski definition) is 2. The fourth-order valence-electron chi connectivity index (χ4n) is 2.30. The van der Waals surface area contributed by atoms with Crippen molar-refractivity contribution < 1.29 is 9.53 Å². The molecule has 2 fully saturated rings. The number of carbonyl (C=O) groups is 1. The van der Waals surface area contributed by atoms with Crippen molar-refractivity contribution in [3.8, 4) is 0 Å². The van der Waals surface area contributed by atoms with Gasteiger partial charge < -0.3 is 9.64 Å². The molecule has 3 nitrogen and oxygen atoms in total. The fraction of sp³-hybridized carbons (Fsp3) is 0.909. The molecule has 0 radical (unpaired) electrons. The van der Waals surface area contributed by atoms with Crippen molar-refractivity contribution in [3.63, 3.8) is 0 Å². The fourth-order valence-corrected chi connectivity index (χ4v) is 3.36. The number of hydrogen-bond donors (Lipinski definition) is 0. The highest BCUT2D eigenvalue weighted by Crippen LogP contribution is 2.33. The number of alkyl halides is 1. The highest BCUT2D eigenvalue weighted by Gasteiger charge is 2.31. The SMILES string of the molecule is CN(CC1CC(Br)C1)C(=O)C1CCCO1. The molecule has 15 heavy (non-hydrogen) atoms. The minimum absolute atomic E-state index is 0.158. The molecule has 0 aromatic carbocycles. The quantitative estimate of drug-likeness (QED) is 0.736. The molecule has 4 heteroatoms. The summed E-state index contributed by atoms with van der Waals surface area (Å²) < 4.78 is 5.39. The Bertz CT molecular complexity index is 235. The average molecular weight is 276 g/mol. The van der Waals surface area contributed by atoms with Crippen molar-refractivity contribution in [2.75, 3.05) is 20.2 Å². The first-order chi connectivity index (χ1) is 7.16. The maximum Gasteiger partial charge on any atom is 0.251 e. The Morgan fingerprint density at radius 1 is 1.53 bits per heavy atom. The average Bonchev–Trinajstić information content (AvgIpc) is 2.66. The summed E-state index contributed by atoms with van der Waals surface area (Å²) in [5.41, 5.74) is 0. The Morgan fingerprint density at radius 3 is 2.80 bits per heavy atom. The van der Waals surface area contributed by atoms with Gasteiger partial charge >= 0.3 is 0 Å². The zero-order valence-electron chi connectivity index (χ0n) is 9.12. The van der Waals surface area contributed by atoms with E-state index < -0.39 is 0 Å². The van der Waals surface area contributed by atoms with Gasteiger partial charge in [0.05, 0.1) is 0 Å². The van der Waals surface area contributed by atoms with E-state index in [2.05, 4.69) is 15.9 Å². The minimum atomic E-state index is -0.158. The molecule has 1 unspecified atom stereocenters. The highest BCUT2D eigenvalue weighted by molar-refractivity contribution is 9.09.